The number of nitrogens with zero attached hydrogens (tertiary/aromatic N) is 2. The summed E-state index contributed by atoms with van der Waals surface area (Å²) in [6, 6.07) is 15.5. The van der Waals surface area contributed by atoms with Gasteiger partial charge in [0.25, 0.3) is 0 Å². The number of fused-ring (bicyclic) bond motifs is 1. The normalized spacial score (nSPS) is 11.0. The average molecular weight is 443 g/mol. The Bertz CT molecular complexity index is 1130. The maximum absolute atomic E-state index is 13.1. The summed E-state index contributed by atoms with van der Waals surface area (Å²) in [5, 5.41) is 0.582. The fourth-order valence-electron chi connectivity index (χ4n) is 2.87. The molecule has 0 radical (unpaired) electrons. The minimum atomic E-state index is -0.301. The number of hydrogen-bond donors (Lipinski definition) is 0. The van der Waals surface area contributed by atoms with Crippen LogP contribution in [-0.2, 0) is 11.3 Å². The monoisotopic (exact) mass is 442 g/mol. The summed E-state index contributed by atoms with van der Waals surface area (Å²) in [4.78, 5) is 20.3. The number of halogens is 1. The molecule has 0 aliphatic carbocycles. The zero-order valence-corrected chi connectivity index (χ0v) is 17.8. The van der Waals surface area contributed by atoms with Crippen molar-refractivity contribution >= 4 is 44.4 Å². The lowest BCUT2D eigenvalue weighted by molar-refractivity contribution is -0.116. The number of hydrogen-bond acceptors (Lipinski definition) is 6. The first-order valence-electron chi connectivity index (χ1n) is 9.37. The Morgan fingerprint density at radius 1 is 1.20 bits per heavy atom. The van der Waals surface area contributed by atoms with Crippen LogP contribution in [0.15, 0.2) is 70.2 Å². The van der Waals surface area contributed by atoms with Gasteiger partial charge in [0.2, 0.25) is 5.91 Å². The third-order valence-corrected chi connectivity index (χ3v) is 6.31. The Labute approximate surface area is 181 Å². The Morgan fingerprint density at radius 2 is 2.03 bits per heavy atom. The number of thiazole rings is 1. The van der Waals surface area contributed by atoms with Crippen LogP contribution in [-0.4, -0.2) is 23.3 Å². The molecule has 0 aliphatic rings. The summed E-state index contributed by atoms with van der Waals surface area (Å²) in [7, 11) is 0. The van der Waals surface area contributed by atoms with E-state index in [1.807, 2.05) is 31.2 Å². The number of thioether (sulfide) groups is 1. The molecule has 2 aromatic carbocycles. The second-order valence-electron chi connectivity index (χ2n) is 6.33. The molecule has 5 nitrogen and oxygen atoms in total. The Hall–Kier alpha value is -2.84. The Kier molecular flexibility index (Phi) is 6.35. The quantitative estimate of drug-likeness (QED) is 0.325. The van der Waals surface area contributed by atoms with Crippen LogP contribution < -0.4 is 9.64 Å². The van der Waals surface area contributed by atoms with E-state index in [4.69, 9.17) is 14.1 Å². The molecule has 0 N–H and O–H groups in total. The van der Waals surface area contributed by atoms with Gasteiger partial charge in [0.05, 0.1) is 29.9 Å². The molecule has 30 heavy (non-hydrogen) atoms. The molecule has 0 bridgehead atoms. The molecule has 0 fully saturated rings. The van der Waals surface area contributed by atoms with Crippen molar-refractivity contribution in [2.45, 2.75) is 18.4 Å². The molecule has 0 saturated carbocycles. The van der Waals surface area contributed by atoms with Crippen LogP contribution in [0.4, 0.5) is 9.52 Å². The summed E-state index contributed by atoms with van der Waals surface area (Å²) in [6.07, 6.45) is 1.58. The first-order chi connectivity index (χ1) is 14.6. The number of anilines is 1. The van der Waals surface area contributed by atoms with Crippen molar-refractivity contribution in [2.24, 2.45) is 0 Å². The fourth-order valence-corrected chi connectivity index (χ4v) is 4.65. The summed E-state index contributed by atoms with van der Waals surface area (Å²) < 4.78 is 25.2. The van der Waals surface area contributed by atoms with Crippen molar-refractivity contribution in [3.8, 4) is 5.75 Å². The number of amides is 1. The van der Waals surface area contributed by atoms with Crippen molar-refractivity contribution in [2.75, 3.05) is 17.3 Å². The zero-order valence-electron chi connectivity index (χ0n) is 16.2. The molecule has 1 amide bonds. The summed E-state index contributed by atoms with van der Waals surface area (Å²) in [5.41, 5.74) is 0.739. The standard InChI is InChI=1S/C22H19FN2O3S2/c1-2-27-18-6-3-7-19-21(18)24-22(30-19)25(13-16-5-4-12-28-16)20(26)14-29-17-10-8-15(23)9-11-17/h3-12H,2,13-14H2,1H3. The second-order valence-corrected chi connectivity index (χ2v) is 8.39. The lowest BCUT2D eigenvalue weighted by Crippen LogP contribution is -2.31. The average Bonchev–Trinajstić information content (AvgIpc) is 3.41. The van der Waals surface area contributed by atoms with Gasteiger partial charge in [-0.25, -0.2) is 9.37 Å². The predicted octanol–water partition coefficient (Wildman–Crippen LogP) is 5.75. The number of carbonyl (C=O) groups is 1. The van der Waals surface area contributed by atoms with E-state index < -0.39 is 0 Å². The molecular formula is C22H19FN2O3S2. The molecular weight excluding hydrogens is 423 g/mol. The van der Waals surface area contributed by atoms with Gasteiger partial charge in [0.1, 0.15) is 22.8 Å². The van der Waals surface area contributed by atoms with Gasteiger partial charge < -0.3 is 9.15 Å². The van der Waals surface area contributed by atoms with Crippen LogP contribution in [0.2, 0.25) is 0 Å². The molecule has 4 rings (SSSR count). The maximum Gasteiger partial charge on any atom is 0.239 e. The molecule has 2 aromatic heterocycles. The predicted molar refractivity (Wildman–Crippen MR) is 118 cm³/mol. The van der Waals surface area contributed by atoms with Crippen molar-refractivity contribution < 1.29 is 18.3 Å². The topological polar surface area (TPSA) is 55.6 Å². The van der Waals surface area contributed by atoms with Crippen LogP contribution >= 0.6 is 23.1 Å². The molecule has 8 heteroatoms. The van der Waals surface area contributed by atoms with Crippen LogP contribution in [0.5, 0.6) is 5.75 Å². The highest BCUT2D eigenvalue weighted by atomic mass is 32.2. The minimum Gasteiger partial charge on any atom is -0.492 e. The summed E-state index contributed by atoms with van der Waals surface area (Å²) in [5.74, 6) is 1.14. The number of benzene rings is 2. The van der Waals surface area contributed by atoms with Gasteiger partial charge >= 0.3 is 0 Å². The smallest absolute Gasteiger partial charge is 0.239 e. The van der Waals surface area contributed by atoms with Gasteiger partial charge in [-0.15, -0.1) is 11.8 Å². The number of furan rings is 1. The van der Waals surface area contributed by atoms with E-state index in [2.05, 4.69) is 0 Å². The highest BCUT2D eigenvalue weighted by Gasteiger charge is 2.22. The first kappa shape index (κ1) is 20.4. The SMILES string of the molecule is CCOc1cccc2sc(N(Cc3ccco3)C(=O)CSc3ccc(F)cc3)nc12. The number of aromatic nitrogens is 1. The van der Waals surface area contributed by atoms with Crippen molar-refractivity contribution in [3.05, 3.63) is 72.4 Å². The molecule has 4 aromatic rings. The molecule has 0 unspecified atom stereocenters. The van der Waals surface area contributed by atoms with Gasteiger partial charge in [0.15, 0.2) is 5.13 Å². The second kappa shape index (κ2) is 9.32. The van der Waals surface area contributed by atoms with Crippen molar-refractivity contribution in [3.63, 3.8) is 0 Å². The lowest BCUT2D eigenvalue weighted by Gasteiger charge is -2.18. The van der Waals surface area contributed by atoms with Crippen LogP contribution in [0.25, 0.3) is 10.2 Å². The minimum absolute atomic E-state index is 0.113. The summed E-state index contributed by atoms with van der Waals surface area (Å²) in [6.45, 7) is 2.74. The largest absolute Gasteiger partial charge is 0.492 e. The lowest BCUT2D eigenvalue weighted by atomic mass is 10.3. The van der Waals surface area contributed by atoms with Crippen LogP contribution in [0, 0.1) is 5.82 Å². The zero-order chi connectivity index (χ0) is 20.9. The maximum atomic E-state index is 13.1. The Balaban J connectivity index is 1.60. The molecule has 0 spiro atoms. The molecule has 154 valence electrons. The van der Waals surface area contributed by atoms with Crippen molar-refractivity contribution in [1.29, 1.82) is 0 Å². The number of carbonyl (C=O) groups excluding carboxylic acids is 1. The molecule has 0 atom stereocenters. The molecule has 0 saturated heterocycles. The van der Waals surface area contributed by atoms with E-state index >= 15 is 0 Å². The van der Waals surface area contributed by atoms with E-state index in [-0.39, 0.29) is 24.0 Å². The van der Waals surface area contributed by atoms with Gasteiger partial charge in [-0.1, -0.05) is 17.4 Å². The molecule has 0 aliphatic heterocycles. The van der Waals surface area contributed by atoms with Crippen LogP contribution in [0.1, 0.15) is 12.7 Å². The van der Waals surface area contributed by atoms with Crippen molar-refractivity contribution in [1.82, 2.24) is 4.98 Å². The van der Waals surface area contributed by atoms with E-state index in [0.717, 1.165) is 15.1 Å². The van der Waals surface area contributed by atoms with Gasteiger partial charge in [-0.3, -0.25) is 9.69 Å². The fraction of sp³-hybridized carbons (Fsp3) is 0.182. The third kappa shape index (κ3) is 4.66. The van der Waals surface area contributed by atoms with E-state index in [1.54, 1.807) is 29.4 Å². The van der Waals surface area contributed by atoms with Gasteiger partial charge in [-0.05, 0) is 55.5 Å². The van der Waals surface area contributed by atoms with Gasteiger partial charge in [0, 0.05) is 4.90 Å². The van der Waals surface area contributed by atoms with E-state index in [9.17, 15) is 9.18 Å². The molecule has 2 heterocycles. The Morgan fingerprint density at radius 3 is 2.77 bits per heavy atom. The number of para-hydroxylation sites is 1. The van der Waals surface area contributed by atoms with E-state index in [0.29, 0.717) is 23.2 Å². The number of ether oxygens (including phenoxy) is 1. The summed E-state index contributed by atoms with van der Waals surface area (Å²) >= 11 is 2.79. The van der Waals surface area contributed by atoms with Crippen LogP contribution in [0.3, 0.4) is 0 Å². The third-order valence-electron chi connectivity index (χ3n) is 4.27. The highest BCUT2D eigenvalue weighted by molar-refractivity contribution is 8.00. The first-order valence-corrected chi connectivity index (χ1v) is 11.2. The van der Waals surface area contributed by atoms with E-state index in [1.165, 1.54) is 35.2 Å². The van der Waals surface area contributed by atoms with Gasteiger partial charge in [-0.2, -0.15) is 0 Å². The highest BCUT2D eigenvalue weighted by Crippen LogP contribution is 2.35. The number of rotatable bonds is 8.